The summed E-state index contributed by atoms with van der Waals surface area (Å²) in [5.74, 6) is -6.52. The zero-order valence-electron chi connectivity index (χ0n) is 22.5. The van der Waals surface area contributed by atoms with Gasteiger partial charge in [-0.1, -0.05) is 42.5 Å². The smallest absolute Gasteiger partial charge is 0.414 e. The van der Waals surface area contributed by atoms with Crippen LogP contribution in [0.25, 0.3) is 0 Å². The molecule has 0 aliphatic carbocycles. The second-order valence-electron chi connectivity index (χ2n) is 9.91. The summed E-state index contributed by atoms with van der Waals surface area (Å²) in [6.07, 6.45) is 2.76. The van der Waals surface area contributed by atoms with Crippen molar-refractivity contribution in [1.29, 1.82) is 0 Å². The Morgan fingerprint density at radius 3 is 2.31 bits per heavy atom. The predicted octanol–water partition coefficient (Wildman–Crippen LogP) is 3.86. The van der Waals surface area contributed by atoms with Crippen molar-refractivity contribution in [3.63, 3.8) is 0 Å². The van der Waals surface area contributed by atoms with Gasteiger partial charge in [0, 0.05) is 29.9 Å². The van der Waals surface area contributed by atoms with Crippen molar-refractivity contribution < 1.29 is 37.4 Å². The van der Waals surface area contributed by atoms with Gasteiger partial charge in [-0.3, -0.25) is 24.1 Å². The van der Waals surface area contributed by atoms with Gasteiger partial charge in [0.25, 0.3) is 11.8 Å². The monoisotopic (exact) mass is 582 g/mol. The molecule has 3 aromatic rings. The van der Waals surface area contributed by atoms with E-state index in [1.807, 2.05) is 19.1 Å². The highest BCUT2D eigenvalue weighted by molar-refractivity contribution is 6.04. The Morgan fingerprint density at radius 1 is 1.02 bits per heavy atom. The summed E-state index contributed by atoms with van der Waals surface area (Å²) in [7, 11) is 0. The van der Waals surface area contributed by atoms with Crippen LogP contribution in [-0.4, -0.2) is 56.2 Å². The highest BCUT2D eigenvalue weighted by Crippen LogP contribution is 2.28. The lowest BCUT2D eigenvalue weighted by molar-refractivity contribution is 0.0642. The maximum Gasteiger partial charge on any atom is 0.414 e. The number of amides is 3. The van der Waals surface area contributed by atoms with Crippen LogP contribution in [0, 0.1) is 17.5 Å². The average Bonchev–Trinajstić information content (AvgIpc) is 3.07. The number of aromatic nitrogens is 1. The van der Waals surface area contributed by atoms with Gasteiger partial charge < -0.3 is 14.7 Å². The Hall–Kier alpha value is -5.07. The first-order valence-electron chi connectivity index (χ1n) is 12.9. The van der Waals surface area contributed by atoms with Crippen molar-refractivity contribution in [2.45, 2.75) is 39.1 Å². The molecule has 0 saturated heterocycles. The molecule has 0 radical (unpaired) electrons. The Morgan fingerprint density at radius 2 is 1.67 bits per heavy atom. The summed E-state index contributed by atoms with van der Waals surface area (Å²) in [6.45, 7) is 2.39. The molecule has 1 N–H and O–H groups in total. The Labute approximate surface area is 237 Å². The fourth-order valence-electron chi connectivity index (χ4n) is 4.83. The largest absolute Gasteiger partial charge is 0.482 e. The van der Waals surface area contributed by atoms with Gasteiger partial charge in [0.05, 0.1) is 12.6 Å². The van der Waals surface area contributed by atoms with Gasteiger partial charge in [0.2, 0.25) is 5.43 Å². The number of halogens is 3. The number of hydrogen-bond acceptors (Lipinski definition) is 6. The summed E-state index contributed by atoms with van der Waals surface area (Å²) in [6, 6.07) is 8.72. The van der Waals surface area contributed by atoms with E-state index in [0.717, 1.165) is 6.20 Å². The maximum atomic E-state index is 14.4. The molecule has 0 spiro atoms. The van der Waals surface area contributed by atoms with Crippen molar-refractivity contribution in [3.05, 3.63) is 111 Å². The van der Waals surface area contributed by atoms with Crippen LogP contribution in [0.15, 0.2) is 65.6 Å². The van der Waals surface area contributed by atoms with E-state index in [4.69, 9.17) is 4.74 Å². The van der Waals surface area contributed by atoms with E-state index in [0.29, 0.717) is 17.7 Å². The summed E-state index contributed by atoms with van der Waals surface area (Å²) < 4.78 is 49.3. The normalized spacial score (nSPS) is 17.5. The van der Waals surface area contributed by atoms with Crippen LogP contribution in [0.3, 0.4) is 0 Å². The highest BCUT2D eigenvalue weighted by Gasteiger charge is 2.40. The van der Waals surface area contributed by atoms with Crippen LogP contribution < -0.4 is 15.2 Å². The topological polar surface area (TPSA) is 112 Å². The minimum atomic E-state index is -1.92. The summed E-state index contributed by atoms with van der Waals surface area (Å²) >= 11 is 0. The third kappa shape index (κ3) is 5.08. The number of rotatable bonds is 6. The number of fused-ring (bicyclic) bond motifs is 4. The van der Waals surface area contributed by atoms with Crippen molar-refractivity contribution in [1.82, 2.24) is 14.5 Å². The SMILES string of the molecule is C[C@@H]1C=C[C@H](C)N2CN1n1cc(C(=O)N(Cc3c(F)cc(F)cc3F)C(=O)O)c(=O)c(OCc3ccccc3)c1C2=O. The standard InChI is InChI=1S/C29H25F3N4O6/c1-16-8-9-17(2)36-15-34(16)28(39)24-26(42-14-18-6-4-3-5-7-18)25(37)21(13-35(24)36)27(38)33(29(40)41)12-20-22(31)10-19(30)11-23(20)32/h3-11,13,16-17H,12,14-15H2,1-2H3,(H,40,41)/t16-,17+/m0/s1. The minimum absolute atomic E-state index is 0.0366. The first-order chi connectivity index (χ1) is 20.0. The quantitative estimate of drug-likeness (QED) is 0.440. The third-order valence-electron chi connectivity index (χ3n) is 7.17. The molecule has 0 unspecified atom stereocenters. The molecule has 2 aromatic carbocycles. The molecule has 10 nitrogen and oxygen atoms in total. The number of carbonyl (C=O) groups excluding carboxylic acids is 2. The fourth-order valence-corrected chi connectivity index (χ4v) is 4.83. The van der Waals surface area contributed by atoms with Crippen LogP contribution in [0.1, 0.15) is 45.8 Å². The molecule has 3 heterocycles. The van der Waals surface area contributed by atoms with Crippen molar-refractivity contribution in [3.8, 4) is 5.75 Å². The van der Waals surface area contributed by atoms with Crippen LogP contribution in [-0.2, 0) is 13.2 Å². The van der Waals surface area contributed by atoms with Gasteiger partial charge in [0.1, 0.15) is 36.3 Å². The van der Waals surface area contributed by atoms with E-state index in [-0.39, 0.29) is 36.0 Å². The van der Waals surface area contributed by atoms with Crippen LogP contribution in [0.5, 0.6) is 5.75 Å². The number of pyridine rings is 1. The molecule has 1 aromatic heterocycles. The Bertz CT molecular complexity index is 1650. The van der Waals surface area contributed by atoms with Gasteiger partial charge in [-0.25, -0.2) is 22.9 Å². The predicted molar refractivity (Wildman–Crippen MR) is 143 cm³/mol. The summed E-state index contributed by atoms with van der Waals surface area (Å²) in [4.78, 5) is 54.7. The minimum Gasteiger partial charge on any atom is -0.482 e. The van der Waals surface area contributed by atoms with Crippen molar-refractivity contribution >= 4 is 17.9 Å². The lowest BCUT2D eigenvalue weighted by Crippen LogP contribution is -2.57. The molecule has 0 fully saturated rings. The summed E-state index contributed by atoms with van der Waals surface area (Å²) in [5.41, 5.74) is -2.22. The molecule has 2 aliphatic heterocycles. The first-order valence-corrected chi connectivity index (χ1v) is 12.9. The number of carbonyl (C=O) groups is 3. The molecule has 2 atom stereocenters. The van der Waals surface area contributed by atoms with Gasteiger partial charge in [-0.15, -0.1) is 0 Å². The third-order valence-corrected chi connectivity index (χ3v) is 7.17. The summed E-state index contributed by atoms with van der Waals surface area (Å²) in [5, 5.41) is 11.5. The van der Waals surface area contributed by atoms with Gasteiger partial charge in [0.15, 0.2) is 11.4 Å². The zero-order chi connectivity index (χ0) is 30.3. The second kappa shape index (κ2) is 11.1. The maximum absolute atomic E-state index is 14.4. The lowest BCUT2D eigenvalue weighted by Gasteiger charge is -2.42. The molecule has 0 saturated carbocycles. The van der Waals surface area contributed by atoms with Gasteiger partial charge >= 0.3 is 6.09 Å². The molecular weight excluding hydrogens is 557 g/mol. The molecule has 13 heteroatoms. The molecule has 218 valence electrons. The van der Waals surface area contributed by atoms with Gasteiger partial charge in [-0.2, -0.15) is 0 Å². The zero-order valence-corrected chi connectivity index (χ0v) is 22.5. The number of benzene rings is 2. The van der Waals surface area contributed by atoms with E-state index in [1.165, 1.54) is 9.58 Å². The number of carboxylic acid groups (broad SMARTS) is 1. The fraction of sp³-hybridized carbons (Fsp3) is 0.241. The van der Waals surface area contributed by atoms with Gasteiger partial charge in [-0.05, 0) is 19.4 Å². The second-order valence-corrected chi connectivity index (χ2v) is 9.91. The van der Waals surface area contributed by atoms with E-state index in [2.05, 4.69) is 0 Å². The Kier molecular flexibility index (Phi) is 7.50. The van der Waals surface area contributed by atoms with Crippen LogP contribution in [0.4, 0.5) is 18.0 Å². The van der Waals surface area contributed by atoms with Crippen LogP contribution in [0.2, 0.25) is 0 Å². The van der Waals surface area contributed by atoms with E-state index < -0.39 is 64.2 Å². The average molecular weight is 583 g/mol. The molecule has 2 aliphatic rings. The number of hydrogen-bond donors (Lipinski definition) is 1. The van der Waals surface area contributed by atoms with Crippen LogP contribution >= 0.6 is 0 Å². The Balaban J connectivity index is 1.65. The van der Waals surface area contributed by atoms with Crippen molar-refractivity contribution in [2.75, 3.05) is 11.7 Å². The lowest BCUT2D eigenvalue weighted by atomic mass is 10.1. The molecule has 5 rings (SSSR count). The molecule has 3 amide bonds. The highest BCUT2D eigenvalue weighted by atomic mass is 19.1. The number of imide groups is 1. The number of nitrogens with zero attached hydrogens (tertiary/aromatic N) is 4. The number of ether oxygens (including phenoxy) is 1. The molecule has 42 heavy (non-hydrogen) atoms. The van der Waals surface area contributed by atoms with E-state index in [1.54, 1.807) is 42.3 Å². The van der Waals surface area contributed by atoms with E-state index >= 15 is 0 Å². The molecular formula is C29H25F3N4O6. The van der Waals surface area contributed by atoms with E-state index in [9.17, 15) is 37.5 Å². The first kappa shape index (κ1) is 28.5. The molecule has 2 bridgehead atoms. The van der Waals surface area contributed by atoms with Crippen molar-refractivity contribution in [2.24, 2.45) is 0 Å².